The minimum atomic E-state index is -0.160. The molecule has 0 aliphatic heterocycles. The lowest BCUT2D eigenvalue weighted by Crippen LogP contribution is -2.00. The predicted octanol–water partition coefficient (Wildman–Crippen LogP) is 6.25. The molecular formula is C18H35ClO2. The molecule has 21 heavy (non-hydrogen) atoms. The van der Waals surface area contributed by atoms with Crippen LogP contribution in [0.4, 0.5) is 0 Å². The SMILES string of the molecule is CC(=O)OCCCCCCCCCCCCCCC(C)Cl. The van der Waals surface area contributed by atoms with Gasteiger partial charge < -0.3 is 4.74 Å². The highest BCUT2D eigenvalue weighted by molar-refractivity contribution is 6.20. The number of esters is 1. The van der Waals surface area contributed by atoms with Crippen molar-refractivity contribution in [1.82, 2.24) is 0 Å². The minimum Gasteiger partial charge on any atom is -0.466 e. The monoisotopic (exact) mass is 318 g/mol. The van der Waals surface area contributed by atoms with Crippen LogP contribution in [0.5, 0.6) is 0 Å². The molecule has 0 heterocycles. The average Bonchev–Trinajstić information content (AvgIpc) is 2.42. The van der Waals surface area contributed by atoms with Crippen molar-refractivity contribution in [1.29, 1.82) is 0 Å². The van der Waals surface area contributed by atoms with Crippen LogP contribution in [-0.4, -0.2) is 18.0 Å². The van der Waals surface area contributed by atoms with Gasteiger partial charge in [-0.15, -0.1) is 11.6 Å². The summed E-state index contributed by atoms with van der Waals surface area (Å²) in [7, 11) is 0. The smallest absolute Gasteiger partial charge is 0.302 e. The van der Waals surface area contributed by atoms with Crippen molar-refractivity contribution >= 4 is 17.6 Å². The number of hydrogen-bond donors (Lipinski definition) is 0. The van der Waals surface area contributed by atoms with Gasteiger partial charge in [-0.3, -0.25) is 4.79 Å². The fourth-order valence-electron chi connectivity index (χ4n) is 2.51. The standard InChI is InChI=1S/C18H35ClO2/c1-17(19)15-13-11-9-7-5-3-4-6-8-10-12-14-16-21-18(2)20/h17H,3-16H2,1-2H3. The molecular weight excluding hydrogens is 284 g/mol. The summed E-state index contributed by atoms with van der Waals surface area (Å²) >= 11 is 5.92. The van der Waals surface area contributed by atoms with E-state index in [0.29, 0.717) is 12.0 Å². The lowest BCUT2D eigenvalue weighted by Gasteiger charge is -2.04. The van der Waals surface area contributed by atoms with Crippen LogP contribution < -0.4 is 0 Å². The molecule has 0 aromatic heterocycles. The van der Waals surface area contributed by atoms with Crippen molar-refractivity contribution in [2.24, 2.45) is 0 Å². The van der Waals surface area contributed by atoms with Crippen LogP contribution in [0.25, 0.3) is 0 Å². The molecule has 3 heteroatoms. The topological polar surface area (TPSA) is 26.3 Å². The second-order valence-corrected chi connectivity index (χ2v) is 6.90. The molecule has 0 aromatic rings. The molecule has 1 atom stereocenters. The quantitative estimate of drug-likeness (QED) is 0.203. The van der Waals surface area contributed by atoms with E-state index >= 15 is 0 Å². The van der Waals surface area contributed by atoms with Gasteiger partial charge in [-0.05, 0) is 19.8 Å². The summed E-state index contributed by atoms with van der Waals surface area (Å²) in [5.74, 6) is -0.160. The highest BCUT2D eigenvalue weighted by Crippen LogP contribution is 2.13. The van der Waals surface area contributed by atoms with Crippen molar-refractivity contribution in [2.45, 2.75) is 103 Å². The molecule has 0 saturated heterocycles. The molecule has 0 rings (SSSR count). The van der Waals surface area contributed by atoms with E-state index in [0.717, 1.165) is 6.42 Å². The highest BCUT2D eigenvalue weighted by atomic mass is 35.5. The third-order valence-electron chi connectivity index (χ3n) is 3.80. The molecule has 0 aromatic carbocycles. The summed E-state index contributed by atoms with van der Waals surface area (Å²) in [5, 5.41) is 0.346. The number of hydrogen-bond acceptors (Lipinski definition) is 2. The van der Waals surface area contributed by atoms with Crippen molar-refractivity contribution < 1.29 is 9.53 Å². The summed E-state index contributed by atoms with van der Waals surface area (Å²) < 4.78 is 4.91. The zero-order valence-corrected chi connectivity index (χ0v) is 14.9. The van der Waals surface area contributed by atoms with Crippen LogP contribution in [-0.2, 0) is 9.53 Å². The summed E-state index contributed by atoms with van der Waals surface area (Å²) in [6.07, 6.45) is 16.9. The molecule has 0 N–H and O–H groups in total. The molecule has 0 bridgehead atoms. The van der Waals surface area contributed by atoms with E-state index in [1.165, 1.54) is 84.0 Å². The molecule has 2 nitrogen and oxygen atoms in total. The van der Waals surface area contributed by atoms with Gasteiger partial charge in [-0.2, -0.15) is 0 Å². The van der Waals surface area contributed by atoms with E-state index in [4.69, 9.17) is 16.3 Å². The van der Waals surface area contributed by atoms with Crippen LogP contribution >= 0.6 is 11.6 Å². The number of halogens is 1. The third-order valence-corrected chi connectivity index (χ3v) is 4.02. The van der Waals surface area contributed by atoms with E-state index in [1.807, 2.05) is 0 Å². The Bertz CT molecular complexity index is 229. The summed E-state index contributed by atoms with van der Waals surface area (Å²) in [6, 6.07) is 0. The van der Waals surface area contributed by atoms with Gasteiger partial charge in [0.25, 0.3) is 0 Å². The molecule has 0 aliphatic carbocycles. The largest absolute Gasteiger partial charge is 0.466 e. The molecule has 1 unspecified atom stereocenters. The molecule has 0 radical (unpaired) electrons. The van der Waals surface area contributed by atoms with Crippen molar-refractivity contribution in [3.05, 3.63) is 0 Å². The van der Waals surface area contributed by atoms with Gasteiger partial charge in [-0.25, -0.2) is 0 Å². The molecule has 0 amide bonds. The van der Waals surface area contributed by atoms with Gasteiger partial charge in [0.1, 0.15) is 0 Å². The summed E-state index contributed by atoms with van der Waals surface area (Å²) in [5.41, 5.74) is 0. The Hall–Kier alpha value is -0.240. The summed E-state index contributed by atoms with van der Waals surface area (Å²) in [4.78, 5) is 10.6. The van der Waals surface area contributed by atoms with Gasteiger partial charge in [0.15, 0.2) is 0 Å². The van der Waals surface area contributed by atoms with Crippen molar-refractivity contribution in [3.8, 4) is 0 Å². The van der Waals surface area contributed by atoms with E-state index < -0.39 is 0 Å². The van der Waals surface area contributed by atoms with Gasteiger partial charge in [0.05, 0.1) is 6.61 Å². The van der Waals surface area contributed by atoms with E-state index in [2.05, 4.69) is 6.92 Å². The van der Waals surface area contributed by atoms with Crippen LogP contribution in [0.1, 0.15) is 97.3 Å². The zero-order valence-electron chi connectivity index (χ0n) is 14.2. The molecule has 126 valence electrons. The number of ether oxygens (including phenoxy) is 1. The lowest BCUT2D eigenvalue weighted by atomic mass is 10.0. The van der Waals surface area contributed by atoms with Crippen molar-refractivity contribution in [2.75, 3.05) is 6.61 Å². The number of carbonyl (C=O) groups excluding carboxylic acids is 1. The van der Waals surface area contributed by atoms with Gasteiger partial charge >= 0.3 is 5.97 Å². The fourth-order valence-corrected chi connectivity index (χ4v) is 2.67. The average molecular weight is 319 g/mol. The van der Waals surface area contributed by atoms with Gasteiger partial charge in [0, 0.05) is 12.3 Å². The normalized spacial score (nSPS) is 12.3. The van der Waals surface area contributed by atoms with E-state index in [1.54, 1.807) is 0 Å². The number of rotatable bonds is 15. The first kappa shape index (κ1) is 20.8. The Labute approximate surface area is 137 Å². The van der Waals surface area contributed by atoms with E-state index in [9.17, 15) is 4.79 Å². The lowest BCUT2D eigenvalue weighted by molar-refractivity contribution is -0.141. The van der Waals surface area contributed by atoms with Crippen LogP contribution in [0.3, 0.4) is 0 Å². The first-order chi connectivity index (χ1) is 10.1. The van der Waals surface area contributed by atoms with E-state index in [-0.39, 0.29) is 5.97 Å². The maximum absolute atomic E-state index is 10.6. The Balaban J connectivity index is 2.98. The molecule has 0 fully saturated rings. The molecule has 0 spiro atoms. The van der Waals surface area contributed by atoms with Crippen LogP contribution in [0, 0.1) is 0 Å². The highest BCUT2D eigenvalue weighted by Gasteiger charge is 1.97. The Morgan fingerprint density at radius 1 is 0.810 bits per heavy atom. The zero-order chi connectivity index (χ0) is 15.8. The van der Waals surface area contributed by atoms with Gasteiger partial charge in [-0.1, -0.05) is 70.6 Å². The maximum atomic E-state index is 10.6. The molecule has 0 aliphatic rings. The number of carbonyl (C=O) groups is 1. The number of unbranched alkanes of at least 4 members (excludes halogenated alkanes) is 11. The third kappa shape index (κ3) is 19.8. The number of alkyl halides is 1. The second-order valence-electron chi connectivity index (χ2n) is 6.15. The van der Waals surface area contributed by atoms with Crippen molar-refractivity contribution in [3.63, 3.8) is 0 Å². The Morgan fingerprint density at radius 3 is 1.57 bits per heavy atom. The molecule has 0 saturated carbocycles. The predicted molar refractivity (Wildman–Crippen MR) is 92.0 cm³/mol. The summed E-state index contributed by atoms with van der Waals surface area (Å²) in [6.45, 7) is 4.15. The second kappa shape index (κ2) is 16.1. The minimum absolute atomic E-state index is 0.160. The Kier molecular flexibility index (Phi) is 16.0. The Morgan fingerprint density at radius 2 is 1.19 bits per heavy atom. The van der Waals surface area contributed by atoms with Gasteiger partial charge in [0.2, 0.25) is 0 Å². The van der Waals surface area contributed by atoms with Crippen LogP contribution in [0.15, 0.2) is 0 Å². The first-order valence-electron chi connectivity index (χ1n) is 8.90. The fraction of sp³-hybridized carbons (Fsp3) is 0.944. The maximum Gasteiger partial charge on any atom is 0.302 e. The van der Waals surface area contributed by atoms with Crippen LogP contribution in [0.2, 0.25) is 0 Å². The first-order valence-corrected chi connectivity index (χ1v) is 9.34.